The molecule has 0 spiro atoms. The number of amides is 1. The molecule has 0 aliphatic carbocycles. The lowest BCUT2D eigenvalue weighted by Crippen LogP contribution is -2.23. The van der Waals surface area contributed by atoms with E-state index in [-0.39, 0.29) is 29.6 Å². The van der Waals surface area contributed by atoms with Crippen LogP contribution >= 0.6 is 11.6 Å². The minimum atomic E-state index is -4.19. The van der Waals surface area contributed by atoms with Crippen molar-refractivity contribution in [1.29, 1.82) is 0 Å². The van der Waals surface area contributed by atoms with Gasteiger partial charge in [-0.1, -0.05) is 23.7 Å². The maximum absolute atomic E-state index is 14.1. The summed E-state index contributed by atoms with van der Waals surface area (Å²) >= 11 is 5.83. The zero-order valence-electron chi connectivity index (χ0n) is 19.7. The second-order valence-corrected chi connectivity index (χ2v) is 10.3. The van der Waals surface area contributed by atoms with E-state index in [0.29, 0.717) is 28.0 Å². The van der Waals surface area contributed by atoms with Crippen LogP contribution in [0.1, 0.15) is 12.1 Å². The summed E-state index contributed by atoms with van der Waals surface area (Å²) in [6.45, 7) is 1.99. The fourth-order valence-corrected chi connectivity index (χ4v) is 4.86. The van der Waals surface area contributed by atoms with Crippen LogP contribution in [0, 0.1) is 12.7 Å². The smallest absolute Gasteiger partial charge is 0.264 e. The molecule has 9 nitrogen and oxygen atoms in total. The third-order valence-corrected chi connectivity index (χ3v) is 6.99. The lowest BCUT2D eigenvalue weighted by molar-refractivity contribution is -0.129. The number of nitrogens with zero attached hydrogens (tertiary/aromatic N) is 3. The van der Waals surface area contributed by atoms with Crippen LogP contribution < -0.4 is 9.46 Å². The molecule has 0 radical (unpaired) electrons. The number of halogens is 2. The van der Waals surface area contributed by atoms with E-state index in [1.54, 1.807) is 32.3 Å². The Morgan fingerprint density at radius 2 is 1.89 bits per heavy atom. The van der Waals surface area contributed by atoms with Crippen molar-refractivity contribution < 1.29 is 22.3 Å². The van der Waals surface area contributed by atoms with Crippen molar-refractivity contribution in [2.45, 2.75) is 18.2 Å². The lowest BCUT2D eigenvalue weighted by atomic mass is 10.1. The maximum Gasteiger partial charge on any atom is 0.264 e. The fourth-order valence-electron chi connectivity index (χ4n) is 3.46. The Hall–Kier alpha value is -3.70. The van der Waals surface area contributed by atoms with Crippen LogP contribution in [0.4, 0.5) is 10.1 Å². The van der Waals surface area contributed by atoms with Gasteiger partial charge in [-0.25, -0.2) is 17.8 Å². The highest BCUT2D eigenvalue weighted by molar-refractivity contribution is 7.92. The van der Waals surface area contributed by atoms with Crippen molar-refractivity contribution in [2.75, 3.05) is 25.4 Å². The van der Waals surface area contributed by atoms with Crippen LogP contribution in [0.3, 0.4) is 0 Å². The number of sulfonamides is 1. The van der Waals surface area contributed by atoms with Gasteiger partial charge < -0.3 is 9.64 Å². The minimum absolute atomic E-state index is 0.0676. The van der Waals surface area contributed by atoms with Gasteiger partial charge in [0.1, 0.15) is 10.7 Å². The molecule has 2 heterocycles. The molecule has 0 aliphatic rings. The first kappa shape index (κ1) is 25.4. The van der Waals surface area contributed by atoms with Gasteiger partial charge in [-0.2, -0.15) is 5.10 Å². The molecule has 4 aromatic rings. The molecular weight excluding hydrogens is 509 g/mol. The predicted molar refractivity (Wildman–Crippen MR) is 135 cm³/mol. The number of ether oxygens (including phenoxy) is 1. The van der Waals surface area contributed by atoms with Crippen LogP contribution in [0.15, 0.2) is 53.4 Å². The van der Waals surface area contributed by atoms with Crippen LogP contribution in [-0.4, -0.2) is 55.1 Å². The summed E-state index contributed by atoms with van der Waals surface area (Å²) in [5.74, 6) is -0.640. The number of H-pyrrole nitrogens is 1. The number of carbonyl (C=O) groups excluding carboxylic acids is 1. The SMILES string of the molecule is Cc1[nH]nc2cc(-c3ccc(NS(=O)(=O)c4cc(Cl)ccc4F)cc3)nc(OCCC(=O)N(C)C)c12. The van der Waals surface area contributed by atoms with Gasteiger partial charge in [0.2, 0.25) is 11.8 Å². The zero-order chi connectivity index (χ0) is 26.0. The number of aromatic nitrogens is 3. The first-order valence-corrected chi connectivity index (χ1v) is 12.7. The summed E-state index contributed by atoms with van der Waals surface area (Å²) in [5, 5.41) is 8.02. The van der Waals surface area contributed by atoms with E-state index < -0.39 is 20.7 Å². The fraction of sp³-hybridized carbons (Fsp3) is 0.208. The van der Waals surface area contributed by atoms with Gasteiger partial charge in [-0.3, -0.25) is 14.6 Å². The number of rotatable bonds is 8. The van der Waals surface area contributed by atoms with Gasteiger partial charge in [-0.15, -0.1) is 0 Å². The Morgan fingerprint density at radius 1 is 1.17 bits per heavy atom. The van der Waals surface area contributed by atoms with Crippen molar-refractivity contribution in [3.8, 4) is 17.1 Å². The molecule has 0 fully saturated rings. The van der Waals surface area contributed by atoms with Crippen LogP contribution in [0.5, 0.6) is 5.88 Å². The zero-order valence-corrected chi connectivity index (χ0v) is 21.2. The molecule has 0 unspecified atom stereocenters. The summed E-state index contributed by atoms with van der Waals surface area (Å²) in [7, 11) is -0.840. The molecule has 188 valence electrons. The highest BCUT2D eigenvalue weighted by Gasteiger charge is 2.20. The predicted octanol–water partition coefficient (Wildman–Crippen LogP) is 4.38. The van der Waals surface area contributed by atoms with E-state index in [1.165, 1.54) is 23.1 Å². The van der Waals surface area contributed by atoms with Crippen molar-refractivity contribution >= 4 is 44.1 Å². The summed E-state index contributed by atoms with van der Waals surface area (Å²) in [5.41, 5.74) is 2.85. The lowest BCUT2D eigenvalue weighted by Gasteiger charge is -2.12. The Labute approximate surface area is 212 Å². The molecule has 2 aromatic carbocycles. The second kappa shape index (κ2) is 10.1. The van der Waals surface area contributed by atoms with Crippen molar-refractivity contribution in [3.63, 3.8) is 0 Å². The van der Waals surface area contributed by atoms with Gasteiger partial charge >= 0.3 is 0 Å². The van der Waals surface area contributed by atoms with Gasteiger partial charge in [0.05, 0.1) is 29.6 Å². The molecule has 4 rings (SSSR count). The van der Waals surface area contributed by atoms with E-state index in [1.807, 2.05) is 6.92 Å². The molecular formula is C24H23ClFN5O4S. The average molecular weight is 532 g/mol. The van der Waals surface area contributed by atoms with Gasteiger partial charge in [-0.05, 0) is 43.3 Å². The number of nitrogens with one attached hydrogen (secondary N) is 2. The van der Waals surface area contributed by atoms with Crippen LogP contribution in [-0.2, 0) is 14.8 Å². The number of benzene rings is 2. The third kappa shape index (κ3) is 5.42. The monoisotopic (exact) mass is 531 g/mol. The standard InChI is InChI=1S/C24H23ClFN5O4S/c1-14-23-20(29-28-14)13-19(27-24(23)35-11-10-22(32)31(2)3)15-4-7-17(8-5-15)30-36(33,34)21-12-16(25)6-9-18(21)26/h4-9,12-13,30H,10-11H2,1-3H3,(H,28,29). The van der Waals surface area contributed by atoms with E-state index >= 15 is 0 Å². The highest BCUT2D eigenvalue weighted by Crippen LogP contribution is 2.31. The van der Waals surface area contributed by atoms with Crippen LogP contribution in [0.2, 0.25) is 5.02 Å². The highest BCUT2D eigenvalue weighted by atomic mass is 35.5. The first-order chi connectivity index (χ1) is 17.0. The second-order valence-electron chi connectivity index (χ2n) is 8.20. The number of aryl methyl sites for hydroxylation is 1. The number of pyridine rings is 1. The van der Waals surface area contributed by atoms with E-state index in [4.69, 9.17) is 16.3 Å². The van der Waals surface area contributed by atoms with Crippen molar-refractivity contribution in [2.24, 2.45) is 0 Å². The summed E-state index contributed by atoms with van der Waals surface area (Å²) in [4.78, 5) is 17.4. The van der Waals surface area contributed by atoms with Gasteiger partial charge in [0, 0.05) is 36.1 Å². The van der Waals surface area contributed by atoms with Crippen LogP contribution in [0.25, 0.3) is 22.2 Å². The summed E-state index contributed by atoms with van der Waals surface area (Å²) in [6, 6.07) is 11.5. The van der Waals surface area contributed by atoms with Crippen molar-refractivity contribution in [3.05, 3.63) is 65.1 Å². The molecule has 0 aliphatic heterocycles. The van der Waals surface area contributed by atoms with Crippen molar-refractivity contribution in [1.82, 2.24) is 20.1 Å². The van der Waals surface area contributed by atoms with Gasteiger partial charge in [0.25, 0.3) is 10.0 Å². The van der Waals surface area contributed by atoms with E-state index in [2.05, 4.69) is 19.9 Å². The average Bonchev–Trinajstić information content (AvgIpc) is 3.21. The normalized spacial score (nSPS) is 11.5. The molecule has 1 amide bonds. The van der Waals surface area contributed by atoms with E-state index in [9.17, 15) is 17.6 Å². The third-order valence-electron chi connectivity index (χ3n) is 5.35. The molecule has 0 atom stereocenters. The largest absolute Gasteiger partial charge is 0.477 e. The molecule has 0 saturated heterocycles. The minimum Gasteiger partial charge on any atom is -0.477 e. The topological polar surface area (TPSA) is 117 Å². The number of hydrogen-bond donors (Lipinski definition) is 2. The summed E-state index contributed by atoms with van der Waals surface area (Å²) in [6.07, 6.45) is 0.194. The molecule has 0 saturated carbocycles. The molecule has 36 heavy (non-hydrogen) atoms. The quantitative estimate of drug-likeness (QED) is 0.348. The first-order valence-electron chi connectivity index (χ1n) is 10.8. The Bertz CT molecular complexity index is 1540. The number of carbonyl (C=O) groups is 1. The molecule has 0 bridgehead atoms. The van der Waals surface area contributed by atoms with Gasteiger partial charge in [0.15, 0.2) is 0 Å². The number of anilines is 1. The maximum atomic E-state index is 14.1. The number of aromatic amines is 1. The molecule has 2 N–H and O–H groups in total. The number of fused-ring (bicyclic) bond motifs is 1. The molecule has 2 aromatic heterocycles. The van der Waals surface area contributed by atoms with E-state index in [0.717, 1.165) is 17.8 Å². The Kier molecular flexibility index (Phi) is 7.14. The Morgan fingerprint density at radius 3 is 2.58 bits per heavy atom. The molecule has 12 heteroatoms. The summed E-state index contributed by atoms with van der Waals surface area (Å²) < 4.78 is 47.5. The Balaban J connectivity index is 1.59. The number of hydrogen-bond acceptors (Lipinski definition) is 6.